The van der Waals surface area contributed by atoms with Crippen molar-refractivity contribution in [3.05, 3.63) is 80.5 Å². The Morgan fingerprint density at radius 2 is 1.97 bits per heavy atom. The Morgan fingerprint density at radius 3 is 2.62 bits per heavy atom. The van der Waals surface area contributed by atoms with Crippen molar-refractivity contribution in [2.45, 2.75) is 18.8 Å². The summed E-state index contributed by atoms with van der Waals surface area (Å²) in [6, 6.07) is 7.84. The second-order valence-corrected chi connectivity index (χ2v) is 7.36. The van der Waals surface area contributed by atoms with Crippen molar-refractivity contribution in [2.24, 2.45) is 0 Å². The van der Waals surface area contributed by atoms with E-state index in [0.717, 1.165) is 6.07 Å². The third-order valence-corrected chi connectivity index (χ3v) is 5.44. The average molecular weight is 445 g/mol. The van der Waals surface area contributed by atoms with Crippen LogP contribution in [0.2, 0.25) is 0 Å². The Bertz CT molecular complexity index is 1340. The zero-order valence-corrected chi connectivity index (χ0v) is 16.6. The molecular formula is C22H15F4N3O3. The molecule has 10 heteroatoms. The fourth-order valence-corrected chi connectivity index (χ4v) is 3.85. The molecule has 1 amide bonds. The van der Waals surface area contributed by atoms with E-state index in [2.05, 4.69) is 4.98 Å². The molecule has 4 rings (SSSR count). The fourth-order valence-electron chi connectivity index (χ4n) is 3.85. The number of ether oxygens (including phenoxy) is 1. The lowest BCUT2D eigenvalue weighted by atomic mass is 9.94. The van der Waals surface area contributed by atoms with Crippen molar-refractivity contribution in [2.75, 3.05) is 13.7 Å². The normalized spacial score (nSPS) is 15.8. The molecule has 2 aromatic carbocycles. The lowest BCUT2D eigenvalue weighted by Gasteiger charge is -2.34. The third kappa shape index (κ3) is 3.61. The number of benzene rings is 2. The number of fused-ring (bicyclic) bond motifs is 3. The smallest absolute Gasteiger partial charge is 0.373 e. The molecule has 32 heavy (non-hydrogen) atoms. The highest BCUT2D eigenvalue weighted by Crippen LogP contribution is 2.35. The van der Waals surface area contributed by atoms with Gasteiger partial charge in [-0.3, -0.25) is 9.59 Å². The maximum absolute atomic E-state index is 14.0. The van der Waals surface area contributed by atoms with Crippen molar-refractivity contribution in [1.29, 1.82) is 5.26 Å². The SMILES string of the molecule is CN(C(=O)c1ccc(C(F)(F)F)c(F)c1)[C@H]1COCc2[nH]c(=O)c3cc(C#N)ccc3c21. The van der Waals surface area contributed by atoms with Crippen LogP contribution in [0.1, 0.15) is 38.8 Å². The largest absolute Gasteiger partial charge is 0.419 e. The van der Waals surface area contributed by atoms with Crippen LogP contribution in [0.15, 0.2) is 41.2 Å². The Balaban J connectivity index is 1.77. The Kier molecular flexibility index (Phi) is 5.22. The van der Waals surface area contributed by atoms with Gasteiger partial charge in [0.05, 0.1) is 36.5 Å². The number of amides is 1. The minimum absolute atomic E-state index is 0.0551. The predicted octanol–water partition coefficient (Wildman–Crippen LogP) is 3.90. The number of rotatable bonds is 2. The number of carbonyl (C=O) groups is 1. The molecule has 0 spiro atoms. The van der Waals surface area contributed by atoms with E-state index >= 15 is 0 Å². The molecule has 0 saturated carbocycles. The number of aromatic amines is 1. The number of nitrogens with zero attached hydrogens (tertiary/aromatic N) is 2. The molecule has 0 radical (unpaired) electrons. The van der Waals surface area contributed by atoms with Gasteiger partial charge in [-0.1, -0.05) is 6.07 Å². The van der Waals surface area contributed by atoms with Crippen molar-refractivity contribution < 1.29 is 27.1 Å². The van der Waals surface area contributed by atoms with Gasteiger partial charge in [0.15, 0.2) is 0 Å². The second kappa shape index (κ2) is 7.76. The number of alkyl halides is 3. The molecular weight excluding hydrogens is 430 g/mol. The summed E-state index contributed by atoms with van der Waals surface area (Å²) in [5.41, 5.74) is -0.805. The maximum Gasteiger partial charge on any atom is 0.419 e. The van der Waals surface area contributed by atoms with Crippen LogP contribution < -0.4 is 5.56 Å². The Labute approximate surface area is 178 Å². The van der Waals surface area contributed by atoms with Crippen LogP contribution in [-0.2, 0) is 17.5 Å². The standard InChI is InChI=1S/C22H15F4N3O3/c1-29(21(31)12-3-5-15(16(23)7-12)22(24,25)26)18-10-32-9-17-19(18)13-4-2-11(8-27)6-14(13)20(30)28-17/h2-7,18H,9-10H2,1H3,(H,28,30)/t18-/m0/s1. The van der Waals surface area contributed by atoms with Crippen LogP contribution >= 0.6 is 0 Å². The van der Waals surface area contributed by atoms with Gasteiger partial charge in [-0.25, -0.2) is 4.39 Å². The molecule has 1 N–H and O–H groups in total. The lowest BCUT2D eigenvalue weighted by Crippen LogP contribution is -2.37. The van der Waals surface area contributed by atoms with E-state index < -0.39 is 35.1 Å². The van der Waals surface area contributed by atoms with Gasteiger partial charge in [-0.05, 0) is 35.7 Å². The van der Waals surface area contributed by atoms with E-state index in [9.17, 15) is 27.2 Å². The van der Waals surface area contributed by atoms with E-state index in [0.29, 0.717) is 28.8 Å². The molecule has 0 fully saturated rings. The first-order valence-electron chi connectivity index (χ1n) is 9.42. The zero-order chi connectivity index (χ0) is 23.2. The molecule has 0 aliphatic carbocycles. The van der Waals surface area contributed by atoms with Gasteiger partial charge in [-0.2, -0.15) is 18.4 Å². The number of likely N-dealkylation sites (N-methyl/N-ethyl adjacent to an activating group) is 1. The van der Waals surface area contributed by atoms with E-state index in [-0.39, 0.29) is 29.7 Å². The van der Waals surface area contributed by atoms with Gasteiger partial charge in [0.25, 0.3) is 11.5 Å². The first-order chi connectivity index (χ1) is 15.1. The van der Waals surface area contributed by atoms with Crippen LogP contribution in [0.25, 0.3) is 10.8 Å². The molecule has 1 aromatic heterocycles. The summed E-state index contributed by atoms with van der Waals surface area (Å²) < 4.78 is 58.0. The molecule has 1 atom stereocenters. The van der Waals surface area contributed by atoms with E-state index in [4.69, 9.17) is 10.00 Å². The number of nitriles is 1. The highest BCUT2D eigenvalue weighted by molar-refractivity contribution is 5.95. The number of aromatic nitrogens is 1. The summed E-state index contributed by atoms with van der Waals surface area (Å²) in [6.45, 7) is 0.146. The summed E-state index contributed by atoms with van der Waals surface area (Å²) in [7, 11) is 1.42. The van der Waals surface area contributed by atoms with Crippen molar-refractivity contribution >= 4 is 16.7 Å². The monoisotopic (exact) mass is 445 g/mol. The summed E-state index contributed by atoms with van der Waals surface area (Å²) in [4.78, 5) is 29.4. The maximum atomic E-state index is 14.0. The molecule has 164 valence electrons. The number of hydrogen-bond acceptors (Lipinski definition) is 4. The summed E-state index contributed by atoms with van der Waals surface area (Å²) in [6.07, 6.45) is -4.87. The minimum atomic E-state index is -4.87. The molecule has 0 saturated heterocycles. The van der Waals surface area contributed by atoms with E-state index in [1.165, 1.54) is 18.0 Å². The molecule has 6 nitrogen and oxygen atoms in total. The van der Waals surface area contributed by atoms with Crippen molar-refractivity contribution in [1.82, 2.24) is 9.88 Å². The van der Waals surface area contributed by atoms with Crippen molar-refractivity contribution in [3.63, 3.8) is 0 Å². The van der Waals surface area contributed by atoms with E-state index in [1.54, 1.807) is 12.1 Å². The number of halogens is 4. The van der Waals surface area contributed by atoms with Gasteiger partial charge in [-0.15, -0.1) is 0 Å². The predicted molar refractivity (Wildman–Crippen MR) is 105 cm³/mol. The van der Waals surface area contributed by atoms with Crippen LogP contribution in [0, 0.1) is 17.1 Å². The number of carbonyl (C=O) groups excluding carboxylic acids is 1. The zero-order valence-electron chi connectivity index (χ0n) is 16.6. The average Bonchev–Trinajstić information content (AvgIpc) is 2.76. The number of pyridine rings is 1. The number of nitrogens with one attached hydrogen (secondary N) is 1. The molecule has 0 bridgehead atoms. The molecule has 0 unspecified atom stereocenters. The minimum Gasteiger partial charge on any atom is -0.373 e. The fraction of sp³-hybridized carbons (Fsp3) is 0.227. The number of hydrogen-bond donors (Lipinski definition) is 1. The van der Waals surface area contributed by atoms with Gasteiger partial charge in [0, 0.05) is 29.3 Å². The first-order valence-corrected chi connectivity index (χ1v) is 9.42. The highest BCUT2D eigenvalue weighted by Gasteiger charge is 2.35. The quantitative estimate of drug-likeness (QED) is 0.607. The van der Waals surface area contributed by atoms with Gasteiger partial charge < -0.3 is 14.6 Å². The van der Waals surface area contributed by atoms with Gasteiger partial charge >= 0.3 is 6.18 Å². The van der Waals surface area contributed by atoms with Crippen LogP contribution in [0.3, 0.4) is 0 Å². The first kappa shape index (κ1) is 21.5. The molecule has 2 heterocycles. The van der Waals surface area contributed by atoms with Crippen LogP contribution in [0.5, 0.6) is 0 Å². The molecule has 1 aliphatic heterocycles. The van der Waals surface area contributed by atoms with Gasteiger partial charge in [0.2, 0.25) is 0 Å². The van der Waals surface area contributed by atoms with Crippen LogP contribution in [-0.4, -0.2) is 29.4 Å². The molecule has 3 aromatic rings. The summed E-state index contributed by atoms with van der Waals surface area (Å²) in [5, 5.41) is 9.90. The van der Waals surface area contributed by atoms with Gasteiger partial charge in [0.1, 0.15) is 5.82 Å². The van der Waals surface area contributed by atoms with Crippen LogP contribution in [0.4, 0.5) is 17.6 Å². The highest BCUT2D eigenvalue weighted by atomic mass is 19.4. The number of H-pyrrole nitrogens is 1. The van der Waals surface area contributed by atoms with Crippen molar-refractivity contribution in [3.8, 4) is 6.07 Å². The Hall–Kier alpha value is -3.71. The summed E-state index contributed by atoms with van der Waals surface area (Å²) in [5.74, 6) is -2.26. The third-order valence-electron chi connectivity index (χ3n) is 5.44. The second-order valence-electron chi connectivity index (χ2n) is 7.36. The van der Waals surface area contributed by atoms with E-state index in [1.807, 2.05) is 6.07 Å². The molecule has 1 aliphatic rings. The summed E-state index contributed by atoms with van der Waals surface area (Å²) >= 11 is 0. The lowest BCUT2D eigenvalue weighted by molar-refractivity contribution is -0.140. The topological polar surface area (TPSA) is 86.2 Å². The Morgan fingerprint density at radius 1 is 1.22 bits per heavy atom.